The van der Waals surface area contributed by atoms with Gasteiger partial charge in [-0.3, -0.25) is 0 Å². The molecule has 0 unspecified atom stereocenters. The molecular weight excluding hydrogens is 124 g/mol. The molecule has 0 radical (unpaired) electrons. The molecule has 2 aliphatic heterocycles. The summed E-state index contributed by atoms with van der Waals surface area (Å²) in [5.41, 5.74) is 0.731. The highest BCUT2D eigenvalue weighted by molar-refractivity contribution is 5.03. The van der Waals surface area contributed by atoms with Crippen LogP contribution in [0, 0.1) is 5.41 Å². The smallest absolute Gasteiger partial charge is 0.0207 e. The van der Waals surface area contributed by atoms with Crippen LogP contribution in [0.4, 0.5) is 0 Å². The van der Waals surface area contributed by atoms with Crippen molar-refractivity contribution in [2.75, 3.05) is 32.7 Å². The van der Waals surface area contributed by atoms with E-state index in [9.17, 15) is 0 Å². The molecule has 2 heterocycles. The molecule has 1 spiro atoms. The molecule has 2 fully saturated rings. The Labute approximate surface area is 62.6 Å². The zero-order valence-electron chi connectivity index (χ0n) is 6.69. The van der Waals surface area contributed by atoms with Gasteiger partial charge in [0.25, 0.3) is 0 Å². The highest BCUT2D eigenvalue weighted by Gasteiger charge is 2.46. The van der Waals surface area contributed by atoms with Gasteiger partial charge in [0, 0.05) is 31.6 Å². The summed E-state index contributed by atoms with van der Waals surface area (Å²) in [7, 11) is 0. The van der Waals surface area contributed by atoms with E-state index in [1.165, 1.54) is 39.1 Å². The van der Waals surface area contributed by atoms with E-state index in [1.54, 1.807) is 0 Å². The normalized spacial score (nSPS) is 29.7. The molecule has 0 atom stereocenters. The summed E-state index contributed by atoms with van der Waals surface area (Å²) in [4.78, 5) is 2.56. The van der Waals surface area contributed by atoms with Crippen molar-refractivity contribution in [1.29, 1.82) is 0 Å². The van der Waals surface area contributed by atoms with Crippen LogP contribution >= 0.6 is 0 Å². The number of hydrogen-bond acceptors (Lipinski definition) is 2. The quantitative estimate of drug-likeness (QED) is 0.593. The van der Waals surface area contributed by atoms with E-state index >= 15 is 0 Å². The van der Waals surface area contributed by atoms with Crippen molar-refractivity contribution in [3.05, 3.63) is 0 Å². The molecule has 0 saturated carbocycles. The van der Waals surface area contributed by atoms with E-state index in [0.29, 0.717) is 0 Å². The van der Waals surface area contributed by atoms with Gasteiger partial charge in [-0.05, 0) is 13.0 Å². The van der Waals surface area contributed by atoms with Crippen LogP contribution in [0.3, 0.4) is 0 Å². The lowest BCUT2D eigenvalue weighted by Crippen LogP contribution is -2.70. The van der Waals surface area contributed by atoms with Gasteiger partial charge < -0.3 is 10.2 Å². The molecule has 2 rings (SSSR count). The Kier molecular flexibility index (Phi) is 1.46. The number of likely N-dealkylation sites (tertiary alicyclic amines) is 1. The zero-order valence-corrected chi connectivity index (χ0v) is 6.69. The Morgan fingerprint density at radius 2 is 2.10 bits per heavy atom. The van der Waals surface area contributed by atoms with E-state index in [-0.39, 0.29) is 0 Å². The van der Waals surface area contributed by atoms with E-state index in [4.69, 9.17) is 0 Å². The van der Waals surface area contributed by atoms with Crippen molar-refractivity contribution in [1.82, 2.24) is 10.2 Å². The van der Waals surface area contributed by atoms with Crippen LogP contribution in [0.2, 0.25) is 0 Å². The molecule has 0 bridgehead atoms. The summed E-state index contributed by atoms with van der Waals surface area (Å²) in [5.74, 6) is 0. The molecule has 0 amide bonds. The summed E-state index contributed by atoms with van der Waals surface area (Å²) < 4.78 is 0. The monoisotopic (exact) mass is 140 g/mol. The van der Waals surface area contributed by atoms with Crippen LogP contribution < -0.4 is 5.32 Å². The summed E-state index contributed by atoms with van der Waals surface area (Å²) in [6, 6.07) is 0. The second-order valence-corrected chi connectivity index (χ2v) is 3.81. The maximum atomic E-state index is 3.34. The molecule has 2 nitrogen and oxygen atoms in total. The van der Waals surface area contributed by atoms with E-state index < -0.39 is 0 Å². The lowest BCUT2D eigenvalue weighted by atomic mass is 9.74. The number of hydrogen-bond donors (Lipinski definition) is 1. The first kappa shape index (κ1) is 6.62. The van der Waals surface area contributed by atoms with Crippen molar-refractivity contribution in [3.8, 4) is 0 Å². The average Bonchev–Trinajstić information content (AvgIpc) is 1.72. The van der Waals surface area contributed by atoms with Gasteiger partial charge in [-0.15, -0.1) is 0 Å². The highest BCUT2D eigenvalue weighted by atomic mass is 15.3. The summed E-state index contributed by atoms with van der Waals surface area (Å²) >= 11 is 0. The Balaban J connectivity index is 1.72. The van der Waals surface area contributed by atoms with Crippen molar-refractivity contribution >= 4 is 0 Å². The molecule has 10 heavy (non-hydrogen) atoms. The lowest BCUT2D eigenvalue weighted by molar-refractivity contribution is -0.0387. The summed E-state index contributed by atoms with van der Waals surface area (Å²) in [6.45, 7) is 8.81. The van der Waals surface area contributed by atoms with Gasteiger partial charge in [0.2, 0.25) is 0 Å². The second-order valence-electron chi connectivity index (χ2n) is 3.81. The molecular formula is C8H16N2. The van der Waals surface area contributed by atoms with E-state index in [0.717, 1.165) is 5.41 Å². The fourth-order valence-corrected chi connectivity index (χ4v) is 2.08. The standard InChI is InChI=1S/C8H16N2/c1-2-3-10-6-8(7-10)4-9-5-8/h9H,2-7H2,1H3. The van der Waals surface area contributed by atoms with Crippen molar-refractivity contribution in [2.24, 2.45) is 5.41 Å². The minimum Gasteiger partial charge on any atom is -0.315 e. The predicted molar refractivity (Wildman–Crippen MR) is 42.0 cm³/mol. The molecule has 2 heteroatoms. The van der Waals surface area contributed by atoms with Crippen molar-refractivity contribution in [3.63, 3.8) is 0 Å². The second kappa shape index (κ2) is 2.21. The SMILES string of the molecule is CCCN1CC2(CNC2)C1. The van der Waals surface area contributed by atoms with Gasteiger partial charge in [0.05, 0.1) is 0 Å². The third-order valence-corrected chi connectivity index (χ3v) is 2.66. The first-order valence-electron chi connectivity index (χ1n) is 4.28. The Morgan fingerprint density at radius 3 is 2.50 bits per heavy atom. The van der Waals surface area contributed by atoms with E-state index in [1.807, 2.05) is 0 Å². The molecule has 58 valence electrons. The fourth-order valence-electron chi connectivity index (χ4n) is 2.08. The Bertz CT molecular complexity index is 121. The lowest BCUT2D eigenvalue weighted by Gasteiger charge is -2.56. The van der Waals surface area contributed by atoms with Crippen LogP contribution in [-0.4, -0.2) is 37.6 Å². The number of rotatable bonds is 2. The van der Waals surface area contributed by atoms with Gasteiger partial charge >= 0.3 is 0 Å². The van der Waals surface area contributed by atoms with Crippen LogP contribution in [0.25, 0.3) is 0 Å². The maximum absolute atomic E-state index is 3.34. The Morgan fingerprint density at radius 1 is 1.40 bits per heavy atom. The fraction of sp³-hybridized carbons (Fsp3) is 1.00. The average molecular weight is 140 g/mol. The summed E-state index contributed by atoms with van der Waals surface area (Å²) in [5, 5.41) is 3.34. The largest absolute Gasteiger partial charge is 0.315 e. The Hall–Kier alpha value is -0.0800. The van der Waals surface area contributed by atoms with Crippen LogP contribution in [0.1, 0.15) is 13.3 Å². The third kappa shape index (κ3) is 0.867. The van der Waals surface area contributed by atoms with Gasteiger partial charge in [-0.1, -0.05) is 6.92 Å². The van der Waals surface area contributed by atoms with E-state index in [2.05, 4.69) is 17.1 Å². The van der Waals surface area contributed by atoms with Crippen molar-refractivity contribution < 1.29 is 0 Å². The predicted octanol–water partition coefficient (Wildman–Crippen LogP) is 0.302. The molecule has 0 aromatic carbocycles. The number of nitrogens with one attached hydrogen (secondary N) is 1. The van der Waals surface area contributed by atoms with Crippen molar-refractivity contribution in [2.45, 2.75) is 13.3 Å². The minimum absolute atomic E-state index is 0.731. The molecule has 2 aliphatic rings. The van der Waals surface area contributed by atoms with Crippen LogP contribution in [0.5, 0.6) is 0 Å². The third-order valence-electron chi connectivity index (χ3n) is 2.66. The topological polar surface area (TPSA) is 15.3 Å². The van der Waals surface area contributed by atoms with Gasteiger partial charge in [-0.2, -0.15) is 0 Å². The molecule has 0 aliphatic carbocycles. The molecule has 0 aromatic rings. The zero-order chi connectivity index (χ0) is 7.03. The molecule has 0 aromatic heterocycles. The number of nitrogens with zero attached hydrogens (tertiary/aromatic N) is 1. The first-order valence-corrected chi connectivity index (χ1v) is 4.28. The maximum Gasteiger partial charge on any atom is 0.0207 e. The van der Waals surface area contributed by atoms with Gasteiger partial charge in [0.15, 0.2) is 0 Å². The van der Waals surface area contributed by atoms with Gasteiger partial charge in [-0.25, -0.2) is 0 Å². The minimum atomic E-state index is 0.731. The van der Waals surface area contributed by atoms with Crippen LogP contribution in [0.15, 0.2) is 0 Å². The summed E-state index contributed by atoms with van der Waals surface area (Å²) in [6.07, 6.45) is 1.31. The first-order chi connectivity index (χ1) is 4.85. The van der Waals surface area contributed by atoms with Crippen LogP contribution in [-0.2, 0) is 0 Å². The molecule has 2 saturated heterocycles. The van der Waals surface area contributed by atoms with Gasteiger partial charge in [0.1, 0.15) is 0 Å². The highest BCUT2D eigenvalue weighted by Crippen LogP contribution is 2.33. The molecule has 1 N–H and O–H groups in total.